The topological polar surface area (TPSA) is 46.6 Å². The number of aldehydes is 1. The van der Waals surface area contributed by atoms with Crippen molar-refractivity contribution in [3.05, 3.63) is 34.6 Å². The average Bonchev–Trinajstić information content (AvgIpc) is 2.47. The predicted octanol–water partition coefficient (Wildman–Crippen LogP) is 3.91. The van der Waals surface area contributed by atoms with Gasteiger partial charge in [0, 0.05) is 29.9 Å². The third-order valence-corrected chi connectivity index (χ3v) is 4.67. The van der Waals surface area contributed by atoms with Crippen LogP contribution in [0, 0.1) is 11.2 Å². The van der Waals surface area contributed by atoms with Gasteiger partial charge in [-0.2, -0.15) is 0 Å². The van der Waals surface area contributed by atoms with Crippen molar-refractivity contribution < 1.29 is 18.8 Å². The molecule has 4 nitrogen and oxygen atoms in total. The first-order valence-electron chi connectivity index (χ1n) is 8.04. The minimum atomic E-state index is -0.576. The van der Waals surface area contributed by atoms with Gasteiger partial charge >= 0.3 is 5.97 Å². The Bertz CT molecular complexity index is 599. The van der Waals surface area contributed by atoms with E-state index in [1.165, 1.54) is 12.1 Å². The summed E-state index contributed by atoms with van der Waals surface area (Å²) in [5, 5.41) is 1.94. The number of nitrogens with zero attached hydrogens (tertiary/aromatic N) is 1. The molecule has 2 rings (SSSR count). The normalized spacial score (nSPS) is 18.2. The van der Waals surface area contributed by atoms with Gasteiger partial charge in [0.15, 0.2) is 0 Å². The largest absolute Gasteiger partial charge is 0.367 e. The van der Waals surface area contributed by atoms with Gasteiger partial charge in [-0.1, -0.05) is 11.6 Å². The SMILES string of the molecule is CC(C)(C)C(=O)ON1CCC(CC=O)(c2cc(F)cc(Cl)c2)CC1. The lowest BCUT2D eigenvalue weighted by molar-refractivity contribution is -0.207. The van der Waals surface area contributed by atoms with Gasteiger partial charge in [-0.15, -0.1) is 5.06 Å². The molecule has 0 bridgehead atoms. The van der Waals surface area contributed by atoms with Crippen molar-refractivity contribution in [2.45, 2.75) is 45.4 Å². The molecule has 1 aliphatic heterocycles. The lowest BCUT2D eigenvalue weighted by Gasteiger charge is -2.41. The Hall–Kier alpha value is -1.46. The van der Waals surface area contributed by atoms with Gasteiger partial charge in [0.1, 0.15) is 12.1 Å². The Labute approximate surface area is 146 Å². The zero-order chi connectivity index (χ0) is 18.0. The van der Waals surface area contributed by atoms with Crippen LogP contribution in [0.3, 0.4) is 0 Å². The standard InChI is InChI=1S/C18H23ClFNO3/c1-17(2,3)16(23)24-21-7-4-18(5-8-21,6-9-22)13-10-14(19)12-15(20)11-13/h9-12H,4-8H2,1-3H3. The number of hydrogen-bond acceptors (Lipinski definition) is 4. The second-order valence-electron chi connectivity index (χ2n) is 7.37. The first kappa shape index (κ1) is 18.9. The molecule has 0 saturated carbocycles. The summed E-state index contributed by atoms with van der Waals surface area (Å²) in [5.74, 6) is -0.705. The van der Waals surface area contributed by atoms with Crippen molar-refractivity contribution >= 4 is 23.9 Å². The van der Waals surface area contributed by atoms with E-state index in [1.807, 2.05) is 0 Å². The van der Waals surface area contributed by atoms with Gasteiger partial charge in [-0.05, 0) is 57.4 Å². The maximum atomic E-state index is 13.7. The van der Waals surface area contributed by atoms with Crippen molar-refractivity contribution in [2.24, 2.45) is 5.41 Å². The molecule has 24 heavy (non-hydrogen) atoms. The highest BCUT2D eigenvalue weighted by Gasteiger charge is 2.38. The van der Waals surface area contributed by atoms with E-state index >= 15 is 0 Å². The molecule has 0 unspecified atom stereocenters. The van der Waals surface area contributed by atoms with Crippen LogP contribution >= 0.6 is 11.6 Å². The van der Waals surface area contributed by atoms with Crippen molar-refractivity contribution in [1.82, 2.24) is 5.06 Å². The van der Waals surface area contributed by atoms with E-state index in [0.717, 1.165) is 11.8 Å². The second-order valence-corrected chi connectivity index (χ2v) is 7.80. The predicted molar refractivity (Wildman–Crippen MR) is 90.1 cm³/mol. The van der Waals surface area contributed by atoms with Crippen LogP contribution in [0.25, 0.3) is 0 Å². The fraction of sp³-hybridized carbons (Fsp3) is 0.556. The van der Waals surface area contributed by atoms with Gasteiger partial charge in [0.2, 0.25) is 0 Å². The van der Waals surface area contributed by atoms with Crippen LogP contribution < -0.4 is 0 Å². The minimum absolute atomic E-state index is 0.286. The fourth-order valence-electron chi connectivity index (χ4n) is 2.89. The highest BCUT2D eigenvalue weighted by atomic mass is 35.5. The molecular weight excluding hydrogens is 333 g/mol. The quantitative estimate of drug-likeness (QED) is 0.768. The van der Waals surface area contributed by atoms with Crippen LogP contribution in [0.15, 0.2) is 18.2 Å². The fourth-order valence-corrected chi connectivity index (χ4v) is 3.11. The monoisotopic (exact) mass is 355 g/mol. The third kappa shape index (κ3) is 4.33. The van der Waals surface area contributed by atoms with E-state index in [4.69, 9.17) is 16.4 Å². The van der Waals surface area contributed by atoms with E-state index in [-0.39, 0.29) is 12.4 Å². The summed E-state index contributed by atoms with van der Waals surface area (Å²) in [4.78, 5) is 28.6. The molecule has 1 aromatic carbocycles. The lowest BCUT2D eigenvalue weighted by Crippen LogP contribution is -2.45. The number of carbonyl (C=O) groups is 2. The first-order chi connectivity index (χ1) is 11.2. The summed E-state index contributed by atoms with van der Waals surface area (Å²) in [5.41, 5.74) is -0.327. The number of hydrogen-bond donors (Lipinski definition) is 0. The Kier molecular flexibility index (Phi) is 5.66. The molecule has 0 aromatic heterocycles. The molecule has 6 heteroatoms. The zero-order valence-electron chi connectivity index (χ0n) is 14.3. The molecule has 0 aliphatic carbocycles. The van der Waals surface area contributed by atoms with Gasteiger partial charge in [0.05, 0.1) is 5.41 Å². The maximum absolute atomic E-state index is 13.7. The molecule has 132 valence electrons. The highest BCUT2D eigenvalue weighted by molar-refractivity contribution is 6.30. The molecule has 0 amide bonds. The average molecular weight is 356 g/mol. The zero-order valence-corrected chi connectivity index (χ0v) is 15.0. The van der Waals surface area contributed by atoms with Gasteiger partial charge < -0.3 is 9.63 Å². The molecule has 0 atom stereocenters. The lowest BCUT2D eigenvalue weighted by atomic mass is 9.71. The number of halogens is 2. The van der Waals surface area contributed by atoms with Gasteiger partial charge in [-0.25, -0.2) is 9.18 Å². The second kappa shape index (κ2) is 7.19. The molecule has 1 fully saturated rings. The van der Waals surface area contributed by atoms with E-state index < -0.39 is 16.6 Å². The van der Waals surface area contributed by atoms with Crippen LogP contribution in [0.5, 0.6) is 0 Å². The van der Waals surface area contributed by atoms with Crippen LogP contribution in [0.4, 0.5) is 4.39 Å². The summed E-state index contributed by atoms with van der Waals surface area (Å²) in [6.07, 6.45) is 2.31. The number of carbonyl (C=O) groups excluding carboxylic acids is 2. The molecule has 1 heterocycles. The van der Waals surface area contributed by atoms with Gasteiger partial charge in [0.25, 0.3) is 0 Å². The molecule has 0 N–H and O–H groups in total. The number of hydroxylamine groups is 2. The molecule has 1 saturated heterocycles. The Morgan fingerprint density at radius 3 is 2.46 bits per heavy atom. The summed E-state index contributed by atoms with van der Waals surface area (Å²) in [6.45, 7) is 6.37. The molecule has 0 spiro atoms. The number of piperidine rings is 1. The Morgan fingerprint density at radius 1 is 1.33 bits per heavy atom. The van der Waals surface area contributed by atoms with E-state index in [2.05, 4.69) is 0 Å². The van der Waals surface area contributed by atoms with Crippen LogP contribution in [-0.4, -0.2) is 30.4 Å². The Morgan fingerprint density at radius 2 is 1.96 bits per heavy atom. The van der Waals surface area contributed by atoms with Crippen molar-refractivity contribution in [3.63, 3.8) is 0 Å². The van der Waals surface area contributed by atoms with Crippen molar-refractivity contribution in [1.29, 1.82) is 0 Å². The number of benzene rings is 1. The van der Waals surface area contributed by atoms with Crippen molar-refractivity contribution in [3.8, 4) is 0 Å². The van der Waals surface area contributed by atoms with E-state index in [0.29, 0.717) is 31.0 Å². The van der Waals surface area contributed by atoms with Crippen LogP contribution in [-0.2, 0) is 19.8 Å². The maximum Gasteiger partial charge on any atom is 0.330 e. The molecule has 1 aliphatic rings. The van der Waals surface area contributed by atoms with Gasteiger partial charge in [-0.3, -0.25) is 0 Å². The summed E-state index contributed by atoms with van der Waals surface area (Å²) < 4.78 is 13.7. The molecular formula is C18H23ClFNO3. The first-order valence-corrected chi connectivity index (χ1v) is 8.42. The third-order valence-electron chi connectivity index (χ3n) is 4.45. The number of rotatable bonds is 4. The summed E-state index contributed by atoms with van der Waals surface area (Å²) in [6, 6.07) is 4.40. The van der Waals surface area contributed by atoms with E-state index in [1.54, 1.807) is 31.9 Å². The smallest absolute Gasteiger partial charge is 0.330 e. The summed E-state index contributed by atoms with van der Waals surface area (Å²) in [7, 11) is 0. The van der Waals surface area contributed by atoms with Crippen LogP contribution in [0.1, 0.15) is 45.6 Å². The van der Waals surface area contributed by atoms with Crippen LogP contribution in [0.2, 0.25) is 5.02 Å². The van der Waals surface area contributed by atoms with E-state index in [9.17, 15) is 14.0 Å². The van der Waals surface area contributed by atoms with Crippen molar-refractivity contribution in [2.75, 3.05) is 13.1 Å². The highest BCUT2D eigenvalue weighted by Crippen LogP contribution is 2.39. The molecule has 0 radical (unpaired) electrons. The minimum Gasteiger partial charge on any atom is -0.367 e. The Balaban J connectivity index is 2.14. The molecule has 1 aromatic rings. The summed E-state index contributed by atoms with van der Waals surface area (Å²) >= 11 is 5.97.